The van der Waals surface area contributed by atoms with E-state index in [9.17, 15) is 9.59 Å². The van der Waals surface area contributed by atoms with Gasteiger partial charge in [0.1, 0.15) is 5.56 Å². The molecule has 0 fully saturated rings. The van der Waals surface area contributed by atoms with Crippen molar-refractivity contribution < 1.29 is 14.3 Å². The number of aryl methyl sites for hydroxylation is 1. The summed E-state index contributed by atoms with van der Waals surface area (Å²) >= 11 is 0. The molecule has 98 valence electrons. The van der Waals surface area contributed by atoms with Gasteiger partial charge in [0.05, 0.1) is 23.7 Å². The largest absolute Gasteiger partial charge is 0.462 e. The zero-order valence-corrected chi connectivity index (χ0v) is 10.6. The third kappa shape index (κ3) is 2.37. The van der Waals surface area contributed by atoms with Gasteiger partial charge in [0.25, 0.3) is 0 Å². The van der Waals surface area contributed by atoms with Crippen LogP contribution in [0, 0.1) is 6.92 Å². The molecular formula is C13H13N3O3. The molecule has 6 heteroatoms. The highest BCUT2D eigenvalue weighted by Gasteiger charge is 2.22. The summed E-state index contributed by atoms with van der Waals surface area (Å²) in [5.41, 5.74) is 2.00. The first-order valence-electron chi connectivity index (χ1n) is 5.81. The molecule has 0 aliphatic heterocycles. The van der Waals surface area contributed by atoms with Crippen molar-refractivity contribution in [2.45, 2.75) is 13.8 Å². The summed E-state index contributed by atoms with van der Waals surface area (Å²) in [6.45, 7) is 3.69. The van der Waals surface area contributed by atoms with Crippen molar-refractivity contribution in [3.63, 3.8) is 0 Å². The Kier molecular flexibility index (Phi) is 3.70. The number of carbonyl (C=O) groups excluding carboxylic acids is 2. The van der Waals surface area contributed by atoms with E-state index >= 15 is 0 Å². The van der Waals surface area contributed by atoms with Gasteiger partial charge in [-0.15, -0.1) is 0 Å². The molecule has 0 atom stereocenters. The number of aromatic nitrogens is 3. The summed E-state index contributed by atoms with van der Waals surface area (Å²) in [5.74, 6) is -0.480. The second-order valence-corrected chi connectivity index (χ2v) is 3.84. The molecule has 2 rings (SSSR count). The lowest BCUT2D eigenvalue weighted by Gasteiger charge is -2.05. The van der Waals surface area contributed by atoms with Crippen molar-refractivity contribution in [2.24, 2.45) is 0 Å². The van der Waals surface area contributed by atoms with Crippen LogP contribution in [0.1, 0.15) is 33.3 Å². The molecule has 6 nitrogen and oxygen atoms in total. The highest BCUT2D eigenvalue weighted by molar-refractivity contribution is 5.99. The van der Waals surface area contributed by atoms with Crippen LogP contribution < -0.4 is 0 Å². The molecule has 0 aliphatic rings. The average molecular weight is 259 g/mol. The van der Waals surface area contributed by atoms with E-state index in [4.69, 9.17) is 4.74 Å². The Hall–Kier alpha value is -2.50. The molecule has 2 aromatic heterocycles. The minimum absolute atomic E-state index is 0.269. The van der Waals surface area contributed by atoms with Crippen LogP contribution in [0.4, 0.5) is 0 Å². The first-order chi connectivity index (χ1) is 9.19. The summed E-state index contributed by atoms with van der Waals surface area (Å²) in [4.78, 5) is 27.1. The standard InChI is InChI=1S/C13H13N3O3/c1-3-19-13(18)10-8(2)15-16-12(10)11-9(7-17)5-4-6-14-11/h4-7H,3H2,1-2H3,(H,15,16). The molecule has 1 N–H and O–H groups in total. The lowest BCUT2D eigenvalue weighted by Crippen LogP contribution is -2.07. The molecule has 2 aromatic rings. The highest BCUT2D eigenvalue weighted by atomic mass is 16.5. The summed E-state index contributed by atoms with van der Waals surface area (Å²) in [6, 6.07) is 3.28. The fraction of sp³-hybridized carbons (Fsp3) is 0.231. The van der Waals surface area contributed by atoms with Gasteiger partial charge in [0, 0.05) is 11.8 Å². The van der Waals surface area contributed by atoms with Crippen LogP contribution in [0.15, 0.2) is 18.3 Å². The minimum atomic E-state index is -0.480. The van der Waals surface area contributed by atoms with Gasteiger partial charge in [-0.1, -0.05) is 0 Å². The monoisotopic (exact) mass is 259 g/mol. The maximum Gasteiger partial charge on any atom is 0.342 e. The summed E-state index contributed by atoms with van der Waals surface area (Å²) in [5, 5.41) is 6.72. The molecule has 0 bridgehead atoms. The fourth-order valence-corrected chi connectivity index (χ4v) is 1.78. The maximum absolute atomic E-state index is 11.9. The van der Waals surface area contributed by atoms with Crippen molar-refractivity contribution in [1.29, 1.82) is 0 Å². The third-order valence-electron chi connectivity index (χ3n) is 2.63. The van der Waals surface area contributed by atoms with E-state index in [1.807, 2.05) is 0 Å². The molecule has 0 unspecified atom stereocenters. The number of rotatable bonds is 4. The third-order valence-corrected chi connectivity index (χ3v) is 2.63. The quantitative estimate of drug-likeness (QED) is 0.668. The second kappa shape index (κ2) is 5.43. The molecular weight excluding hydrogens is 246 g/mol. The lowest BCUT2D eigenvalue weighted by atomic mass is 10.1. The summed E-state index contributed by atoms with van der Waals surface area (Å²) in [6.07, 6.45) is 2.24. The normalized spacial score (nSPS) is 10.2. The van der Waals surface area contributed by atoms with Crippen molar-refractivity contribution in [1.82, 2.24) is 15.2 Å². The SMILES string of the molecule is CCOC(=O)c1c(C)n[nH]c1-c1ncccc1C=O. The van der Waals surface area contributed by atoms with Gasteiger partial charge in [-0.25, -0.2) is 4.79 Å². The zero-order valence-electron chi connectivity index (χ0n) is 10.6. The van der Waals surface area contributed by atoms with Crippen LogP contribution in [0.5, 0.6) is 0 Å². The van der Waals surface area contributed by atoms with Crippen LogP contribution in [0.2, 0.25) is 0 Å². The Morgan fingerprint density at radius 3 is 3.00 bits per heavy atom. The van der Waals surface area contributed by atoms with Crippen LogP contribution in [0.25, 0.3) is 11.4 Å². The Morgan fingerprint density at radius 1 is 1.53 bits per heavy atom. The Labute approximate surface area is 109 Å². The molecule has 19 heavy (non-hydrogen) atoms. The number of nitrogens with zero attached hydrogens (tertiary/aromatic N) is 2. The van der Waals surface area contributed by atoms with Crippen molar-refractivity contribution in [3.8, 4) is 11.4 Å². The average Bonchev–Trinajstić information content (AvgIpc) is 2.80. The predicted molar refractivity (Wildman–Crippen MR) is 67.9 cm³/mol. The van der Waals surface area contributed by atoms with E-state index in [2.05, 4.69) is 15.2 Å². The van der Waals surface area contributed by atoms with Gasteiger partial charge in [-0.2, -0.15) is 5.10 Å². The van der Waals surface area contributed by atoms with Gasteiger partial charge in [0.15, 0.2) is 6.29 Å². The van der Waals surface area contributed by atoms with Gasteiger partial charge in [-0.05, 0) is 26.0 Å². The number of hydrogen-bond donors (Lipinski definition) is 1. The molecule has 0 spiro atoms. The number of carbonyl (C=O) groups is 2. The fourth-order valence-electron chi connectivity index (χ4n) is 1.78. The van der Waals surface area contributed by atoms with E-state index in [-0.39, 0.29) is 6.61 Å². The number of pyridine rings is 1. The van der Waals surface area contributed by atoms with Gasteiger partial charge < -0.3 is 4.74 Å². The smallest absolute Gasteiger partial charge is 0.342 e. The Bertz CT molecular complexity index is 619. The highest BCUT2D eigenvalue weighted by Crippen LogP contribution is 2.24. The Balaban J connectivity index is 2.57. The number of H-pyrrole nitrogens is 1. The van der Waals surface area contributed by atoms with Gasteiger partial charge in [0.2, 0.25) is 0 Å². The first kappa shape index (κ1) is 12.9. The van der Waals surface area contributed by atoms with Crippen LogP contribution in [-0.2, 0) is 4.74 Å². The number of ether oxygens (including phenoxy) is 1. The zero-order chi connectivity index (χ0) is 13.8. The summed E-state index contributed by atoms with van der Waals surface area (Å²) in [7, 11) is 0. The van der Waals surface area contributed by atoms with Crippen LogP contribution >= 0.6 is 0 Å². The van der Waals surface area contributed by atoms with Gasteiger partial charge in [-0.3, -0.25) is 14.9 Å². The first-order valence-corrected chi connectivity index (χ1v) is 5.81. The number of hydrogen-bond acceptors (Lipinski definition) is 5. The molecule has 2 heterocycles. The van der Waals surface area contributed by atoms with E-state index in [0.717, 1.165) is 0 Å². The second-order valence-electron chi connectivity index (χ2n) is 3.84. The number of aldehydes is 1. The van der Waals surface area contributed by atoms with Crippen molar-refractivity contribution >= 4 is 12.3 Å². The predicted octanol–water partition coefficient (Wildman–Crippen LogP) is 1.77. The molecule has 0 amide bonds. The molecule has 0 aliphatic carbocycles. The van der Waals surface area contributed by atoms with E-state index in [1.165, 1.54) is 0 Å². The molecule has 0 aromatic carbocycles. The van der Waals surface area contributed by atoms with E-state index in [1.54, 1.807) is 32.2 Å². The minimum Gasteiger partial charge on any atom is -0.462 e. The van der Waals surface area contributed by atoms with Crippen molar-refractivity contribution in [2.75, 3.05) is 6.61 Å². The molecule has 0 saturated heterocycles. The number of nitrogens with one attached hydrogen (secondary N) is 1. The van der Waals surface area contributed by atoms with Crippen LogP contribution in [-0.4, -0.2) is 34.0 Å². The summed E-state index contributed by atoms with van der Waals surface area (Å²) < 4.78 is 4.99. The molecule has 0 radical (unpaired) electrons. The van der Waals surface area contributed by atoms with E-state index in [0.29, 0.717) is 34.5 Å². The number of esters is 1. The number of aromatic amines is 1. The maximum atomic E-state index is 11.9. The van der Waals surface area contributed by atoms with Crippen LogP contribution in [0.3, 0.4) is 0 Å². The Morgan fingerprint density at radius 2 is 2.32 bits per heavy atom. The van der Waals surface area contributed by atoms with Gasteiger partial charge >= 0.3 is 5.97 Å². The topological polar surface area (TPSA) is 84.9 Å². The van der Waals surface area contributed by atoms with Crippen molar-refractivity contribution in [3.05, 3.63) is 35.2 Å². The lowest BCUT2D eigenvalue weighted by molar-refractivity contribution is 0.0526. The van der Waals surface area contributed by atoms with E-state index < -0.39 is 5.97 Å². The molecule has 0 saturated carbocycles.